The van der Waals surface area contributed by atoms with Gasteiger partial charge in [0.05, 0.1) is 12.0 Å². The predicted molar refractivity (Wildman–Crippen MR) is 77.2 cm³/mol. The van der Waals surface area contributed by atoms with E-state index < -0.39 is 28.4 Å². The van der Waals surface area contributed by atoms with Crippen LogP contribution < -0.4 is 5.73 Å². The van der Waals surface area contributed by atoms with Crippen molar-refractivity contribution in [3.63, 3.8) is 0 Å². The zero-order valence-corrected chi connectivity index (χ0v) is 12.5. The number of carbonyl (C=O) groups is 1. The molecule has 21 heavy (non-hydrogen) atoms. The number of phenols is 1. The van der Waals surface area contributed by atoms with Crippen molar-refractivity contribution >= 4 is 11.7 Å². The number of methoxy groups -OCH3 is 1. The lowest BCUT2D eigenvalue weighted by Crippen LogP contribution is -2.33. The number of ether oxygens (including phenoxy) is 1. The molecule has 1 unspecified atom stereocenters. The monoisotopic (exact) mass is 296 g/mol. The van der Waals surface area contributed by atoms with Gasteiger partial charge >= 0.3 is 11.7 Å². The average molecular weight is 296 g/mol. The molecule has 116 valence electrons. The molecule has 0 aliphatic rings. The molecule has 0 aliphatic heterocycles. The highest BCUT2D eigenvalue weighted by Gasteiger charge is 2.26. The lowest BCUT2D eigenvalue weighted by atomic mass is 9.85. The van der Waals surface area contributed by atoms with Gasteiger partial charge in [-0.25, -0.2) is 0 Å². The third-order valence-corrected chi connectivity index (χ3v) is 3.18. The van der Waals surface area contributed by atoms with E-state index >= 15 is 0 Å². The molecule has 1 aromatic carbocycles. The number of phenolic OH excluding ortho intramolecular Hbond substituents is 1. The van der Waals surface area contributed by atoms with Gasteiger partial charge in [-0.1, -0.05) is 26.8 Å². The molecule has 1 aromatic rings. The van der Waals surface area contributed by atoms with Crippen molar-refractivity contribution in [2.75, 3.05) is 7.11 Å². The fourth-order valence-electron chi connectivity index (χ4n) is 1.88. The maximum atomic E-state index is 11.4. The standard InChI is InChI=1S/C14H20N2O5/c1-14(2,3)9-5-8(6-10(15)13(18)21-4)12(17)11(7-9)16(19)20/h5,7,10,17H,6,15H2,1-4H3. The van der Waals surface area contributed by atoms with E-state index in [9.17, 15) is 20.0 Å². The second-order valence-electron chi connectivity index (χ2n) is 5.84. The Morgan fingerprint density at radius 1 is 1.48 bits per heavy atom. The van der Waals surface area contributed by atoms with E-state index in [0.29, 0.717) is 5.56 Å². The first-order valence-electron chi connectivity index (χ1n) is 6.42. The third-order valence-electron chi connectivity index (χ3n) is 3.18. The maximum Gasteiger partial charge on any atom is 0.322 e. The van der Waals surface area contributed by atoms with Crippen molar-refractivity contribution in [3.8, 4) is 5.75 Å². The van der Waals surface area contributed by atoms with Gasteiger partial charge in [0.2, 0.25) is 0 Å². The van der Waals surface area contributed by atoms with E-state index in [-0.39, 0.29) is 17.4 Å². The van der Waals surface area contributed by atoms with Crippen LogP contribution in [0.15, 0.2) is 12.1 Å². The molecule has 0 radical (unpaired) electrons. The minimum Gasteiger partial charge on any atom is -0.502 e. The molecule has 0 spiro atoms. The molecule has 0 heterocycles. The van der Waals surface area contributed by atoms with Crippen LogP contribution in [0, 0.1) is 10.1 Å². The number of rotatable bonds is 4. The molecule has 0 amide bonds. The van der Waals surface area contributed by atoms with E-state index in [2.05, 4.69) is 4.74 Å². The van der Waals surface area contributed by atoms with Gasteiger partial charge in [0, 0.05) is 18.1 Å². The van der Waals surface area contributed by atoms with E-state index in [1.165, 1.54) is 13.2 Å². The van der Waals surface area contributed by atoms with Crippen LogP contribution in [-0.2, 0) is 21.4 Å². The molecule has 0 aliphatic carbocycles. The van der Waals surface area contributed by atoms with Crippen molar-refractivity contribution in [1.29, 1.82) is 0 Å². The third kappa shape index (κ3) is 3.91. The summed E-state index contributed by atoms with van der Waals surface area (Å²) in [5.74, 6) is -1.11. The van der Waals surface area contributed by atoms with Crippen LogP contribution in [0.1, 0.15) is 31.9 Å². The van der Waals surface area contributed by atoms with Crippen LogP contribution in [0.5, 0.6) is 5.75 Å². The van der Waals surface area contributed by atoms with Gasteiger partial charge in [0.1, 0.15) is 6.04 Å². The van der Waals surface area contributed by atoms with Gasteiger partial charge in [0.25, 0.3) is 0 Å². The molecule has 1 rings (SSSR count). The number of benzene rings is 1. The highest BCUT2D eigenvalue weighted by Crippen LogP contribution is 2.36. The summed E-state index contributed by atoms with van der Waals surface area (Å²) in [5.41, 5.74) is 5.86. The van der Waals surface area contributed by atoms with Gasteiger partial charge in [-0.2, -0.15) is 0 Å². The van der Waals surface area contributed by atoms with Crippen molar-refractivity contribution < 1.29 is 19.6 Å². The highest BCUT2D eigenvalue weighted by molar-refractivity contribution is 5.76. The minimum atomic E-state index is -0.990. The number of nitrogens with two attached hydrogens (primary N) is 1. The largest absolute Gasteiger partial charge is 0.502 e. The molecule has 0 aromatic heterocycles. The molecule has 7 heteroatoms. The SMILES string of the molecule is COC(=O)C(N)Cc1cc(C(C)(C)C)cc([N+](=O)[O-])c1O. The number of nitrogens with zero attached hydrogens (tertiary/aromatic N) is 1. The molecule has 0 fully saturated rings. The summed E-state index contributed by atoms with van der Waals surface area (Å²) in [4.78, 5) is 21.8. The predicted octanol–water partition coefficient (Wildman–Crippen LogP) is 1.64. The second kappa shape index (κ2) is 6.09. The average Bonchev–Trinajstić information content (AvgIpc) is 2.38. The lowest BCUT2D eigenvalue weighted by molar-refractivity contribution is -0.386. The number of carbonyl (C=O) groups excluding carboxylic acids is 1. The van der Waals surface area contributed by atoms with E-state index in [1.54, 1.807) is 6.07 Å². The fourth-order valence-corrected chi connectivity index (χ4v) is 1.88. The Kier molecular flexibility index (Phi) is 4.90. The van der Waals surface area contributed by atoms with Crippen molar-refractivity contribution in [3.05, 3.63) is 33.4 Å². The Morgan fingerprint density at radius 3 is 2.48 bits per heavy atom. The Hall–Kier alpha value is -2.15. The summed E-state index contributed by atoms with van der Waals surface area (Å²) < 4.78 is 4.52. The number of esters is 1. The van der Waals surface area contributed by atoms with E-state index in [0.717, 1.165) is 0 Å². The van der Waals surface area contributed by atoms with Crippen LogP contribution in [0.25, 0.3) is 0 Å². The molecule has 0 saturated carbocycles. The van der Waals surface area contributed by atoms with Crippen LogP contribution in [0.4, 0.5) is 5.69 Å². The number of hydrogen-bond donors (Lipinski definition) is 2. The van der Waals surface area contributed by atoms with Crippen molar-refractivity contribution in [1.82, 2.24) is 0 Å². The van der Waals surface area contributed by atoms with Crippen LogP contribution >= 0.6 is 0 Å². The first-order valence-corrected chi connectivity index (χ1v) is 6.42. The fraction of sp³-hybridized carbons (Fsp3) is 0.500. The highest BCUT2D eigenvalue weighted by atomic mass is 16.6. The smallest absolute Gasteiger partial charge is 0.322 e. The van der Waals surface area contributed by atoms with Crippen LogP contribution in [-0.4, -0.2) is 29.2 Å². The summed E-state index contributed by atoms with van der Waals surface area (Å²) in [6.07, 6.45) is -0.0384. The summed E-state index contributed by atoms with van der Waals surface area (Å²) in [5, 5.41) is 21.1. The van der Waals surface area contributed by atoms with Gasteiger partial charge in [-0.15, -0.1) is 0 Å². The van der Waals surface area contributed by atoms with Crippen molar-refractivity contribution in [2.45, 2.75) is 38.6 Å². The number of hydrogen-bond acceptors (Lipinski definition) is 6. The zero-order chi connectivity index (χ0) is 16.4. The normalized spacial score (nSPS) is 12.8. The summed E-state index contributed by atoms with van der Waals surface area (Å²) in [6.45, 7) is 5.69. The van der Waals surface area contributed by atoms with Crippen LogP contribution in [0.2, 0.25) is 0 Å². The Morgan fingerprint density at radius 2 is 2.05 bits per heavy atom. The van der Waals surface area contributed by atoms with Crippen LogP contribution in [0.3, 0.4) is 0 Å². The number of nitro benzene ring substituents is 1. The minimum absolute atomic E-state index is 0.0384. The van der Waals surface area contributed by atoms with Gasteiger partial charge in [0.15, 0.2) is 5.75 Å². The summed E-state index contributed by atoms with van der Waals surface area (Å²) >= 11 is 0. The summed E-state index contributed by atoms with van der Waals surface area (Å²) in [7, 11) is 1.20. The molecule has 0 bridgehead atoms. The maximum absolute atomic E-state index is 11.4. The Labute approximate surface area is 122 Å². The molecular weight excluding hydrogens is 276 g/mol. The quantitative estimate of drug-likeness (QED) is 0.495. The van der Waals surface area contributed by atoms with E-state index in [4.69, 9.17) is 5.73 Å². The lowest BCUT2D eigenvalue weighted by Gasteiger charge is -2.21. The Bertz CT molecular complexity index is 563. The second-order valence-corrected chi connectivity index (χ2v) is 5.84. The molecule has 7 nitrogen and oxygen atoms in total. The van der Waals surface area contributed by atoms with Crippen molar-refractivity contribution in [2.24, 2.45) is 5.73 Å². The number of nitro groups is 1. The van der Waals surface area contributed by atoms with E-state index in [1.807, 2.05) is 20.8 Å². The molecule has 1 atom stereocenters. The first kappa shape index (κ1) is 16.9. The number of aromatic hydroxyl groups is 1. The Balaban J connectivity index is 3.33. The molecular formula is C14H20N2O5. The molecule has 3 N–H and O–H groups in total. The van der Waals surface area contributed by atoms with Gasteiger partial charge in [-0.3, -0.25) is 14.9 Å². The topological polar surface area (TPSA) is 116 Å². The zero-order valence-electron chi connectivity index (χ0n) is 12.5. The van der Waals surface area contributed by atoms with Gasteiger partial charge in [-0.05, 0) is 11.0 Å². The summed E-state index contributed by atoms with van der Waals surface area (Å²) in [6, 6.07) is 1.98. The van der Waals surface area contributed by atoms with Gasteiger partial charge < -0.3 is 15.6 Å². The molecule has 0 saturated heterocycles. The first-order chi connectivity index (χ1) is 9.57.